The van der Waals surface area contributed by atoms with Gasteiger partial charge in [0.1, 0.15) is 12.7 Å². The summed E-state index contributed by atoms with van der Waals surface area (Å²) in [6, 6.07) is 0. The van der Waals surface area contributed by atoms with Crippen LogP contribution in [-0.4, -0.2) is 68.3 Å². The topological polar surface area (TPSA) is 147 Å². The Kier molecular flexibility index (Phi) is 3.21. The van der Waals surface area contributed by atoms with E-state index in [1.54, 1.807) is 0 Å². The lowest BCUT2D eigenvalue weighted by Crippen LogP contribution is -2.72. The lowest BCUT2D eigenvalue weighted by molar-refractivity contribution is -0.249. The number of aliphatic hydroxyl groups is 3. The number of carbonyl (C=O) groups is 4. The fraction of sp³-hybridized carbons (Fsp3) is 0.692. The maximum atomic E-state index is 12.2. The molecule has 1 saturated heterocycles. The van der Waals surface area contributed by atoms with Crippen molar-refractivity contribution in [1.82, 2.24) is 0 Å². The van der Waals surface area contributed by atoms with E-state index in [1.165, 1.54) is 0 Å². The van der Waals surface area contributed by atoms with Gasteiger partial charge in [-0.3, -0.25) is 19.2 Å². The first-order valence-corrected chi connectivity index (χ1v) is 5.78. The average molecular weight is 322 g/mol. The number of Topliss-reactive ketones (excluding diaryl/α,β-unsaturated/α-hetero) is 3. The number of hydrogen-bond donors (Lipinski definition) is 3. The molecule has 1 heterocycles. The molecular weight excluding hydrogens is 300 g/mol. The van der Waals surface area contributed by atoms with Gasteiger partial charge in [0.15, 0.2) is 23.0 Å². The minimum atomic E-state index is -3.70. The zero-order valence-corrected chi connectivity index (χ0v) is 11.4. The third-order valence-corrected chi connectivity index (χ3v) is 3.42. The van der Waals surface area contributed by atoms with E-state index in [0.717, 1.165) is 0 Å². The van der Waals surface area contributed by atoms with E-state index >= 15 is 0 Å². The van der Waals surface area contributed by atoms with Crippen LogP contribution >= 0.6 is 0 Å². The molecule has 0 aromatic carbocycles. The molecule has 1 rings (SSSR count). The summed E-state index contributed by atoms with van der Waals surface area (Å²) in [4.78, 5) is 47.4. The van der Waals surface area contributed by atoms with Crippen LogP contribution in [0.4, 0.5) is 0 Å². The molecule has 4 atom stereocenters. The Morgan fingerprint density at radius 3 is 2.14 bits per heavy atom. The second-order valence-corrected chi connectivity index (χ2v) is 4.68. The van der Waals surface area contributed by atoms with Crippen molar-refractivity contribution in [2.75, 3.05) is 6.61 Å². The van der Waals surface area contributed by atoms with Crippen molar-refractivity contribution < 1.29 is 49.5 Å². The Balaban J connectivity index is 3.59. The molecule has 9 nitrogen and oxygen atoms in total. The first-order valence-electron chi connectivity index (χ1n) is 8.61. The molecule has 1 unspecified atom stereocenters. The summed E-state index contributed by atoms with van der Waals surface area (Å²) >= 11 is 0. The van der Waals surface area contributed by atoms with Crippen LogP contribution in [0.15, 0.2) is 0 Å². The molecule has 0 radical (unpaired) electrons. The first kappa shape index (κ1) is 12.8. The first-order chi connectivity index (χ1) is 12.0. The maximum Gasteiger partial charge on any atom is 0.302 e. The van der Waals surface area contributed by atoms with Gasteiger partial charge >= 0.3 is 5.97 Å². The van der Waals surface area contributed by atoms with Crippen LogP contribution in [0.2, 0.25) is 0 Å². The van der Waals surface area contributed by atoms with Gasteiger partial charge in [-0.2, -0.15) is 0 Å². The normalized spacial score (nSPS) is 40.0. The highest BCUT2D eigenvalue weighted by atomic mass is 16.7. The van der Waals surface area contributed by atoms with E-state index < -0.39 is 80.6 Å². The van der Waals surface area contributed by atoms with Crippen molar-refractivity contribution in [1.29, 1.82) is 0 Å². The predicted molar refractivity (Wildman–Crippen MR) is 68.4 cm³/mol. The van der Waals surface area contributed by atoms with E-state index in [0.29, 0.717) is 0 Å². The number of esters is 1. The molecule has 22 heavy (non-hydrogen) atoms. The van der Waals surface area contributed by atoms with Gasteiger partial charge in [-0.15, -0.1) is 0 Å². The Labute approximate surface area is 131 Å². The SMILES string of the molecule is [2H]CC(=O)OC[C@H]1OC(O)(C(=O)C[2H])[C@@](O)(C(=O)C[2H])[C@@]1(O)C(=O)C[2H]. The van der Waals surface area contributed by atoms with Crippen LogP contribution in [-0.2, 0) is 28.7 Å². The molecule has 1 aliphatic heterocycles. The minimum absolute atomic E-state index is 0.858. The molecular formula is C13H18O9. The highest BCUT2D eigenvalue weighted by Crippen LogP contribution is 2.47. The highest BCUT2D eigenvalue weighted by Gasteiger charge is 2.79. The van der Waals surface area contributed by atoms with Crippen LogP contribution in [0.5, 0.6) is 0 Å². The Morgan fingerprint density at radius 1 is 1.05 bits per heavy atom. The fourth-order valence-corrected chi connectivity index (χ4v) is 2.24. The van der Waals surface area contributed by atoms with Crippen LogP contribution in [0.1, 0.15) is 33.1 Å². The zero-order valence-electron chi connectivity index (χ0n) is 15.4. The van der Waals surface area contributed by atoms with Gasteiger partial charge in [0.2, 0.25) is 5.60 Å². The van der Waals surface area contributed by atoms with Crippen LogP contribution < -0.4 is 0 Å². The van der Waals surface area contributed by atoms with Crippen molar-refractivity contribution in [3.8, 4) is 0 Å². The summed E-state index contributed by atoms with van der Waals surface area (Å²) in [5, 5.41) is 31.9. The standard InChI is InChI=1S/C13H18O9/c1-6(14)11(18)10(5-21-9(4)17)22-13(20,8(3)16)12(11,19)7(2)15/h10,18-20H,5H2,1-4H3/t10-,11-,12-,13?/m1/s1/i1D,2D,3D,4D. The number of ketones is 3. The quantitative estimate of drug-likeness (QED) is 0.482. The number of hydrogen-bond acceptors (Lipinski definition) is 9. The van der Waals surface area contributed by atoms with E-state index in [1.807, 2.05) is 0 Å². The van der Waals surface area contributed by atoms with Crippen molar-refractivity contribution >= 4 is 23.3 Å². The molecule has 0 amide bonds. The van der Waals surface area contributed by atoms with Gasteiger partial charge < -0.3 is 24.8 Å². The summed E-state index contributed by atoms with van der Waals surface area (Å²) in [7, 11) is 0. The van der Waals surface area contributed by atoms with Crippen molar-refractivity contribution in [3.63, 3.8) is 0 Å². The summed E-state index contributed by atoms with van der Waals surface area (Å²) in [5.74, 6) is -9.56. The minimum Gasteiger partial charge on any atom is -0.463 e. The smallest absolute Gasteiger partial charge is 0.302 e. The van der Waals surface area contributed by atoms with Crippen molar-refractivity contribution in [2.45, 2.75) is 50.7 Å². The third-order valence-electron chi connectivity index (χ3n) is 3.42. The van der Waals surface area contributed by atoms with Gasteiger partial charge in [0.05, 0.1) is 0 Å². The highest BCUT2D eigenvalue weighted by molar-refractivity contribution is 6.04. The second-order valence-electron chi connectivity index (χ2n) is 4.68. The van der Waals surface area contributed by atoms with E-state index in [-0.39, 0.29) is 0 Å². The largest absolute Gasteiger partial charge is 0.463 e. The van der Waals surface area contributed by atoms with Gasteiger partial charge in [-0.25, -0.2) is 0 Å². The van der Waals surface area contributed by atoms with Gasteiger partial charge in [-0.05, 0) is 13.8 Å². The van der Waals surface area contributed by atoms with E-state index in [4.69, 9.17) is 10.2 Å². The number of rotatable bonds is 5. The summed E-state index contributed by atoms with van der Waals surface area (Å²) in [6.45, 7) is -5.65. The lowest BCUT2D eigenvalue weighted by Gasteiger charge is -2.39. The molecule has 1 fully saturated rings. The zero-order chi connectivity index (χ0) is 20.3. The van der Waals surface area contributed by atoms with E-state index in [2.05, 4.69) is 4.74 Å². The molecule has 0 aromatic heterocycles. The molecule has 0 spiro atoms. The van der Waals surface area contributed by atoms with Gasteiger partial charge in [0, 0.05) is 19.3 Å². The molecule has 3 N–H and O–H groups in total. The molecule has 0 bridgehead atoms. The van der Waals surface area contributed by atoms with Crippen molar-refractivity contribution in [3.05, 3.63) is 0 Å². The second kappa shape index (κ2) is 5.51. The molecule has 0 aliphatic carbocycles. The molecule has 1 aliphatic rings. The van der Waals surface area contributed by atoms with Gasteiger partial charge in [0.25, 0.3) is 5.79 Å². The van der Waals surface area contributed by atoms with Crippen molar-refractivity contribution in [2.24, 2.45) is 0 Å². The molecule has 124 valence electrons. The lowest BCUT2D eigenvalue weighted by atomic mass is 9.71. The van der Waals surface area contributed by atoms with E-state index in [9.17, 15) is 34.5 Å². The summed E-state index contributed by atoms with van der Waals surface area (Å²) in [6.07, 6.45) is -2.17. The molecule has 9 heteroatoms. The van der Waals surface area contributed by atoms with Crippen LogP contribution in [0.25, 0.3) is 0 Å². The van der Waals surface area contributed by atoms with Gasteiger partial charge in [-0.1, -0.05) is 0 Å². The number of ether oxygens (including phenoxy) is 2. The average Bonchev–Trinajstić information content (AvgIpc) is 2.84. The Hall–Kier alpha value is -1.68. The molecule has 0 saturated carbocycles. The van der Waals surface area contributed by atoms with Crippen LogP contribution in [0.3, 0.4) is 0 Å². The predicted octanol–water partition coefficient (Wildman–Crippen LogP) is -2.13. The Bertz CT molecular complexity index is 614. The Morgan fingerprint density at radius 2 is 1.64 bits per heavy atom. The summed E-state index contributed by atoms with van der Waals surface area (Å²) < 4.78 is 37.4. The third kappa shape index (κ3) is 2.17. The summed E-state index contributed by atoms with van der Waals surface area (Å²) in [5.41, 5.74) is -7.11. The molecule has 0 aromatic rings. The maximum absolute atomic E-state index is 12.2. The number of carbonyl (C=O) groups excluding carboxylic acids is 4. The van der Waals surface area contributed by atoms with Crippen LogP contribution in [0, 0.1) is 0 Å². The fourth-order valence-electron chi connectivity index (χ4n) is 2.24. The monoisotopic (exact) mass is 322 g/mol.